The number of carbonyl (C=O) groups excluding carboxylic acids is 1. The summed E-state index contributed by atoms with van der Waals surface area (Å²) in [5, 5.41) is 11.2. The Kier molecular flexibility index (Phi) is 4.33. The van der Waals surface area contributed by atoms with E-state index in [4.69, 9.17) is 4.74 Å². The maximum atomic E-state index is 12.2. The number of ether oxygens (including phenoxy) is 1. The van der Waals surface area contributed by atoms with Crippen molar-refractivity contribution in [2.24, 2.45) is 0 Å². The minimum absolute atomic E-state index is 0.0869. The standard InChI is InChI=1S/C16H15NO4/c1-11-7-3-4-8-12(11)15(16(18)21-2)13-9-5-6-10-14(13)17(19)20/h3-10,15H,1-2H3. The fourth-order valence-electron chi connectivity index (χ4n) is 2.35. The Morgan fingerprint density at radius 1 is 1.10 bits per heavy atom. The Morgan fingerprint density at radius 2 is 1.67 bits per heavy atom. The quantitative estimate of drug-likeness (QED) is 0.491. The van der Waals surface area contributed by atoms with Gasteiger partial charge in [0.05, 0.1) is 12.0 Å². The molecule has 2 rings (SSSR count). The van der Waals surface area contributed by atoms with E-state index >= 15 is 0 Å². The fraction of sp³-hybridized carbons (Fsp3) is 0.188. The molecular weight excluding hydrogens is 270 g/mol. The first-order valence-corrected chi connectivity index (χ1v) is 6.43. The molecular formula is C16H15NO4. The van der Waals surface area contributed by atoms with Crippen molar-refractivity contribution < 1.29 is 14.5 Å². The van der Waals surface area contributed by atoms with E-state index in [9.17, 15) is 14.9 Å². The number of methoxy groups -OCH3 is 1. The van der Waals surface area contributed by atoms with Gasteiger partial charge in [-0.2, -0.15) is 0 Å². The number of rotatable bonds is 4. The molecule has 5 heteroatoms. The van der Waals surface area contributed by atoms with Crippen LogP contribution in [0.5, 0.6) is 0 Å². The van der Waals surface area contributed by atoms with Crippen LogP contribution in [0.3, 0.4) is 0 Å². The SMILES string of the molecule is COC(=O)C(c1ccccc1C)c1ccccc1[N+](=O)[O-]. The number of para-hydroxylation sites is 1. The second-order valence-corrected chi connectivity index (χ2v) is 4.63. The van der Waals surface area contributed by atoms with Gasteiger partial charge in [0, 0.05) is 11.6 Å². The number of nitro benzene ring substituents is 1. The number of nitrogens with zero attached hydrogens (tertiary/aromatic N) is 1. The Morgan fingerprint density at radius 3 is 2.24 bits per heavy atom. The highest BCUT2D eigenvalue weighted by Crippen LogP contribution is 2.34. The molecule has 2 aromatic carbocycles. The van der Waals surface area contributed by atoms with Crippen molar-refractivity contribution in [2.45, 2.75) is 12.8 Å². The first-order chi connectivity index (χ1) is 10.1. The minimum atomic E-state index is -0.808. The molecule has 0 N–H and O–H groups in total. The molecule has 0 heterocycles. The summed E-state index contributed by atoms with van der Waals surface area (Å²) in [6.45, 7) is 1.86. The van der Waals surface area contributed by atoms with Crippen LogP contribution in [0.15, 0.2) is 48.5 Å². The van der Waals surface area contributed by atoms with Crippen molar-refractivity contribution in [1.82, 2.24) is 0 Å². The summed E-state index contributed by atoms with van der Waals surface area (Å²) in [7, 11) is 1.28. The zero-order valence-corrected chi connectivity index (χ0v) is 11.8. The summed E-state index contributed by atoms with van der Waals surface area (Å²) < 4.78 is 4.85. The molecule has 0 aliphatic heterocycles. The van der Waals surface area contributed by atoms with Gasteiger partial charge in [0.25, 0.3) is 5.69 Å². The number of hydrogen-bond acceptors (Lipinski definition) is 4. The van der Waals surface area contributed by atoms with E-state index in [1.54, 1.807) is 30.3 Å². The molecule has 5 nitrogen and oxygen atoms in total. The van der Waals surface area contributed by atoms with Gasteiger partial charge in [0.1, 0.15) is 5.92 Å². The van der Waals surface area contributed by atoms with Gasteiger partial charge >= 0.3 is 5.97 Å². The summed E-state index contributed by atoms with van der Waals surface area (Å²) in [6, 6.07) is 13.5. The van der Waals surface area contributed by atoms with Crippen LogP contribution in [-0.2, 0) is 9.53 Å². The fourth-order valence-corrected chi connectivity index (χ4v) is 2.35. The molecule has 0 bridgehead atoms. The Balaban J connectivity index is 2.66. The van der Waals surface area contributed by atoms with Crippen LogP contribution in [0.25, 0.3) is 0 Å². The highest BCUT2D eigenvalue weighted by molar-refractivity contribution is 5.84. The monoisotopic (exact) mass is 285 g/mol. The van der Waals surface area contributed by atoms with Crippen LogP contribution in [0.4, 0.5) is 5.69 Å². The molecule has 0 aromatic heterocycles. The molecule has 0 saturated heterocycles. The molecule has 0 fully saturated rings. The first-order valence-electron chi connectivity index (χ1n) is 6.43. The maximum Gasteiger partial charge on any atom is 0.317 e. The third-order valence-corrected chi connectivity index (χ3v) is 3.38. The normalized spacial score (nSPS) is 11.7. The number of carbonyl (C=O) groups is 1. The average molecular weight is 285 g/mol. The summed E-state index contributed by atoms with van der Waals surface area (Å²) in [5.74, 6) is -1.32. The Hall–Kier alpha value is -2.69. The summed E-state index contributed by atoms with van der Waals surface area (Å²) in [6.07, 6.45) is 0. The molecule has 0 aliphatic carbocycles. The van der Waals surface area contributed by atoms with Crippen LogP contribution in [0, 0.1) is 17.0 Å². The summed E-state index contributed by atoms with van der Waals surface area (Å²) in [5.41, 5.74) is 1.84. The van der Waals surface area contributed by atoms with Gasteiger partial charge in [-0.1, -0.05) is 42.5 Å². The number of aryl methyl sites for hydroxylation is 1. The Bertz CT molecular complexity index is 681. The summed E-state index contributed by atoms with van der Waals surface area (Å²) in [4.78, 5) is 22.9. The van der Waals surface area contributed by atoms with E-state index in [0.717, 1.165) is 5.56 Å². The summed E-state index contributed by atoms with van der Waals surface area (Å²) >= 11 is 0. The van der Waals surface area contributed by atoms with Gasteiger partial charge in [-0.3, -0.25) is 14.9 Å². The predicted molar refractivity (Wildman–Crippen MR) is 78.1 cm³/mol. The second kappa shape index (κ2) is 6.17. The minimum Gasteiger partial charge on any atom is -0.468 e. The zero-order valence-electron chi connectivity index (χ0n) is 11.8. The molecule has 21 heavy (non-hydrogen) atoms. The first kappa shape index (κ1) is 14.7. The topological polar surface area (TPSA) is 69.4 Å². The van der Waals surface area contributed by atoms with Gasteiger partial charge in [0.2, 0.25) is 0 Å². The largest absolute Gasteiger partial charge is 0.468 e. The highest BCUT2D eigenvalue weighted by atomic mass is 16.6. The van der Waals surface area contributed by atoms with Crippen LogP contribution in [0.2, 0.25) is 0 Å². The zero-order chi connectivity index (χ0) is 15.4. The number of nitro groups is 1. The molecule has 0 radical (unpaired) electrons. The van der Waals surface area contributed by atoms with E-state index in [2.05, 4.69) is 0 Å². The number of hydrogen-bond donors (Lipinski definition) is 0. The van der Waals surface area contributed by atoms with Crippen molar-refractivity contribution in [1.29, 1.82) is 0 Å². The lowest BCUT2D eigenvalue weighted by molar-refractivity contribution is -0.385. The molecule has 2 aromatic rings. The van der Waals surface area contributed by atoms with E-state index in [1.165, 1.54) is 13.2 Å². The van der Waals surface area contributed by atoms with Crippen LogP contribution < -0.4 is 0 Å². The van der Waals surface area contributed by atoms with Gasteiger partial charge < -0.3 is 4.74 Å². The van der Waals surface area contributed by atoms with E-state index < -0.39 is 16.8 Å². The van der Waals surface area contributed by atoms with Gasteiger partial charge in [-0.05, 0) is 18.1 Å². The molecule has 0 amide bonds. The molecule has 1 atom stereocenters. The second-order valence-electron chi connectivity index (χ2n) is 4.63. The third kappa shape index (κ3) is 2.91. The van der Waals surface area contributed by atoms with Crippen molar-refractivity contribution in [2.75, 3.05) is 7.11 Å². The average Bonchev–Trinajstić information content (AvgIpc) is 2.49. The molecule has 0 saturated carbocycles. The van der Waals surface area contributed by atoms with Crippen LogP contribution in [0.1, 0.15) is 22.6 Å². The van der Waals surface area contributed by atoms with Crippen molar-refractivity contribution >= 4 is 11.7 Å². The van der Waals surface area contributed by atoms with Crippen LogP contribution in [-0.4, -0.2) is 18.0 Å². The molecule has 1 unspecified atom stereocenters. The van der Waals surface area contributed by atoms with E-state index in [0.29, 0.717) is 11.1 Å². The third-order valence-electron chi connectivity index (χ3n) is 3.38. The molecule has 0 aliphatic rings. The van der Waals surface area contributed by atoms with Gasteiger partial charge in [-0.25, -0.2) is 0 Å². The van der Waals surface area contributed by atoms with Crippen molar-refractivity contribution in [3.8, 4) is 0 Å². The molecule has 108 valence electrons. The predicted octanol–water partition coefficient (Wildman–Crippen LogP) is 3.21. The lowest BCUT2D eigenvalue weighted by atomic mass is 9.87. The van der Waals surface area contributed by atoms with E-state index in [1.807, 2.05) is 19.1 Å². The Labute approximate surface area is 122 Å². The van der Waals surface area contributed by atoms with Crippen molar-refractivity contribution in [3.05, 3.63) is 75.3 Å². The number of esters is 1. The maximum absolute atomic E-state index is 12.2. The highest BCUT2D eigenvalue weighted by Gasteiger charge is 2.30. The van der Waals surface area contributed by atoms with Crippen LogP contribution >= 0.6 is 0 Å². The molecule has 0 spiro atoms. The van der Waals surface area contributed by atoms with E-state index in [-0.39, 0.29) is 5.69 Å². The lowest BCUT2D eigenvalue weighted by Gasteiger charge is -2.17. The van der Waals surface area contributed by atoms with Gasteiger partial charge in [0.15, 0.2) is 0 Å². The number of benzene rings is 2. The lowest BCUT2D eigenvalue weighted by Crippen LogP contribution is -2.18. The smallest absolute Gasteiger partial charge is 0.317 e. The van der Waals surface area contributed by atoms with Crippen molar-refractivity contribution in [3.63, 3.8) is 0 Å². The van der Waals surface area contributed by atoms with Gasteiger partial charge in [-0.15, -0.1) is 0 Å².